The number of aromatic amines is 1. The van der Waals surface area contributed by atoms with E-state index >= 15 is 0 Å². The molecule has 0 unspecified atom stereocenters. The Hall–Kier alpha value is -3.13. The van der Waals surface area contributed by atoms with Gasteiger partial charge in [0.1, 0.15) is 11.5 Å². The van der Waals surface area contributed by atoms with Crippen LogP contribution in [0.5, 0.6) is 0 Å². The molecule has 1 aromatic carbocycles. The number of ether oxygens (including phenoxy) is 1. The zero-order valence-electron chi connectivity index (χ0n) is 15.9. The van der Waals surface area contributed by atoms with Gasteiger partial charge in [-0.25, -0.2) is 9.97 Å². The zero-order valence-corrected chi connectivity index (χ0v) is 15.9. The molecular formula is C20H22N6O2. The van der Waals surface area contributed by atoms with Gasteiger partial charge in [-0.05, 0) is 19.4 Å². The number of aryl methyl sites for hydroxylation is 2. The molecule has 2 atom stereocenters. The lowest BCUT2D eigenvalue weighted by Gasteiger charge is -2.21. The molecular weight excluding hydrogens is 356 g/mol. The van der Waals surface area contributed by atoms with E-state index in [4.69, 9.17) is 4.74 Å². The maximum atomic E-state index is 13.1. The van der Waals surface area contributed by atoms with Crippen LogP contribution in [0.2, 0.25) is 0 Å². The van der Waals surface area contributed by atoms with E-state index in [0.717, 1.165) is 11.3 Å². The molecule has 1 N–H and O–H groups in total. The first-order chi connectivity index (χ1) is 13.6. The Morgan fingerprint density at radius 2 is 2.04 bits per heavy atom. The second kappa shape index (κ2) is 7.85. The van der Waals surface area contributed by atoms with Crippen LogP contribution in [0.1, 0.15) is 45.9 Å². The van der Waals surface area contributed by atoms with Gasteiger partial charge in [0.05, 0.1) is 30.6 Å². The maximum Gasteiger partial charge on any atom is 0.274 e. The van der Waals surface area contributed by atoms with Crippen molar-refractivity contribution in [2.75, 3.05) is 6.54 Å². The van der Waals surface area contributed by atoms with Gasteiger partial charge in [-0.2, -0.15) is 5.10 Å². The minimum absolute atomic E-state index is 0.105. The molecule has 0 radical (unpaired) electrons. The first kappa shape index (κ1) is 18.2. The number of nitrogens with zero attached hydrogens (tertiary/aromatic N) is 5. The lowest BCUT2D eigenvalue weighted by atomic mass is 10.2. The van der Waals surface area contributed by atoms with Crippen molar-refractivity contribution in [3.63, 3.8) is 0 Å². The number of rotatable bonds is 5. The number of H-pyrrole nitrogens is 1. The molecule has 0 saturated carbocycles. The second-order valence-corrected chi connectivity index (χ2v) is 6.95. The SMILES string of the molecule is Cc1cnc(C(=O)N2C[C@@H](OCc3ccccc3)C[C@H]2c2n[nH]c(C)n2)cn1. The minimum Gasteiger partial charge on any atom is -0.372 e. The number of aromatic nitrogens is 5. The van der Waals surface area contributed by atoms with E-state index in [1.54, 1.807) is 11.1 Å². The highest BCUT2D eigenvalue weighted by Crippen LogP contribution is 2.33. The van der Waals surface area contributed by atoms with Gasteiger partial charge in [-0.3, -0.25) is 14.9 Å². The van der Waals surface area contributed by atoms with E-state index in [1.165, 1.54) is 6.20 Å². The highest BCUT2D eigenvalue weighted by Gasteiger charge is 2.39. The largest absolute Gasteiger partial charge is 0.372 e. The zero-order chi connectivity index (χ0) is 19.5. The van der Waals surface area contributed by atoms with Gasteiger partial charge in [-0.15, -0.1) is 0 Å². The van der Waals surface area contributed by atoms with E-state index in [9.17, 15) is 4.79 Å². The van der Waals surface area contributed by atoms with Crippen LogP contribution in [0, 0.1) is 13.8 Å². The smallest absolute Gasteiger partial charge is 0.274 e. The van der Waals surface area contributed by atoms with Gasteiger partial charge in [0.2, 0.25) is 0 Å². The summed E-state index contributed by atoms with van der Waals surface area (Å²) >= 11 is 0. The molecule has 1 aliphatic rings. The number of likely N-dealkylation sites (tertiary alicyclic amines) is 1. The van der Waals surface area contributed by atoms with Crippen molar-refractivity contribution in [1.82, 2.24) is 30.0 Å². The summed E-state index contributed by atoms with van der Waals surface area (Å²) in [6, 6.07) is 9.73. The molecule has 1 fully saturated rings. The summed E-state index contributed by atoms with van der Waals surface area (Å²) in [5, 5.41) is 7.13. The third-order valence-electron chi connectivity index (χ3n) is 4.76. The number of hydrogen-bond acceptors (Lipinski definition) is 6. The molecule has 4 rings (SSSR count). The lowest BCUT2D eigenvalue weighted by Crippen LogP contribution is -2.33. The standard InChI is InChI=1S/C20H22N6O2/c1-13-9-22-17(10-21-13)20(27)26-11-16(28-12-15-6-4-3-5-7-15)8-18(26)19-23-14(2)24-25-19/h3-7,9-10,16,18H,8,11-12H2,1-2H3,(H,23,24,25)/t16-,18-/m0/s1. The molecule has 0 aliphatic carbocycles. The summed E-state index contributed by atoms with van der Waals surface area (Å²) in [5.41, 5.74) is 2.18. The predicted molar refractivity (Wildman–Crippen MR) is 101 cm³/mol. The average molecular weight is 378 g/mol. The molecule has 8 nitrogen and oxygen atoms in total. The van der Waals surface area contributed by atoms with Crippen molar-refractivity contribution in [2.24, 2.45) is 0 Å². The van der Waals surface area contributed by atoms with Crippen molar-refractivity contribution in [3.05, 3.63) is 71.3 Å². The summed E-state index contributed by atoms with van der Waals surface area (Å²) in [6.45, 7) is 4.63. The molecule has 28 heavy (non-hydrogen) atoms. The van der Waals surface area contributed by atoms with Crippen molar-refractivity contribution in [2.45, 2.75) is 39.0 Å². The van der Waals surface area contributed by atoms with Gasteiger partial charge in [0, 0.05) is 19.2 Å². The van der Waals surface area contributed by atoms with Crippen molar-refractivity contribution in [3.8, 4) is 0 Å². The van der Waals surface area contributed by atoms with Crippen LogP contribution in [0.3, 0.4) is 0 Å². The Balaban J connectivity index is 1.53. The van der Waals surface area contributed by atoms with Gasteiger partial charge < -0.3 is 9.64 Å². The summed E-state index contributed by atoms with van der Waals surface area (Å²) < 4.78 is 6.09. The third-order valence-corrected chi connectivity index (χ3v) is 4.76. The maximum absolute atomic E-state index is 13.1. The Labute approximate surface area is 163 Å². The van der Waals surface area contributed by atoms with Gasteiger partial charge in [-0.1, -0.05) is 30.3 Å². The minimum atomic E-state index is -0.263. The Kier molecular flexibility index (Phi) is 5.12. The molecule has 8 heteroatoms. The topological polar surface area (TPSA) is 96.9 Å². The number of hydrogen-bond donors (Lipinski definition) is 1. The van der Waals surface area contributed by atoms with E-state index < -0.39 is 0 Å². The molecule has 3 heterocycles. The van der Waals surface area contributed by atoms with Crippen LogP contribution >= 0.6 is 0 Å². The molecule has 1 saturated heterocycles. The number of carbonyl (C=O) groups is 1. The first-order valence-electron chi connectivity index (χ1n) is 9.24. The van der Waals surface area contributed by atoms with Crippen molar-refractivity contribution < 1.29 is 9.53 Å². The third kappa shape index (κ3) is 3.91. The van der Waals surface area contributed by atoms with Gasteiger partial charge >= 0.3 is 0 Å². The van der Waals surface area contributed by atoms with E-state index in [2.05, 4.69) is 25.1 Å². The molecule has 2 aromatic heterocycles. The molecule has 0 spiro atoms. The normalized spacial score (nSPS) is 19.1. The fourth-order valence-corrected chi connectivity index (χ4v) is 3.33. The average Bonchev–Trinajstić information content (AvgIpc) is 3.33. The van der Waals surface area contributed by atoms with Crippen molar-refractivity contribution >= 4 is 5.91 Å². The Morgan fingerprint density at radius 3 is 2.71 bits per heavy atom. The fourth-order valence-electron chi connectivity index (χ4n) is 3.33. The number of benzene rings is 1. The van der Waals surface area contributed by atoms with Crippen LogP contribution in [-0.2, 0) is 11.3 Å². The van der Waals surface area contributed by atoms with Gasteiger partial charge in [0.25, 0.3) is 5.91 Å². The Bertz CT molecular complexity index is 941. The van der Waals surface area contributed by atoms with Crippen LogP contribution in [0.15, 0.2) is 42.7 Å². The quantitative estimate of drug-likeness (QED) is 0.732. The second-order valence-electron chi connectivity index (χ2n) is 6.95. The van der Waals surface area contributed by atoms with E-state index in [-0.39, 0.29) is 18.1 Å². The molecule has 3 aromatic rings. The summed E-state index contributed by atoms with van der Waals surface area (Å²) in [7, 11) is 0. The Morgan fingerprint density at radius 1 is 1.21 bits per heavy atom. The van der Waals surface area contributed by atoms with Crippen LogP contribution < -0.4 is 0 Å². The van der Waals surface area contributed by atoms with Crippen LogP contribution in [0.4, 0.5) is 0 Å². The monoisotopic (exact) mass is 378 g/mol. The van der Waals surface area contributed by atoms with Crippen LogP contribution in [-0.4, -0.2) is 48.6 Å². The summed E-state index contributed by atoms with van der Waals surface area (Å²) in [4.78, 5) is 27.7. The van der Waals surface area contributed by atoms with Gasteiger partial charge in [0.15, 0.2) is 5.82 Å². The molecule has 1 amide bonds. The highest BCUT2D eigenvalue weighted by molar-refractivity contribution is 5.92. The molecule has 0 bridgehead atoms. The molecule has 1 aliphatic heterocycles. The number of amides is 1. The molecule has 144 valence electrons. The van der Waals surface area contributed by atoms with Crippen molar-refractivity contribution in [1.29, 1.82) is 0 Å². The lowest BCUT2D eigenvalue weighted by molar-refractivity contribution is 0.0436. The first-order valence-corrected chi connectivity index (χ1v) is 9.24. The predicted octanol–water partition coefficient (Wildman–Crippen LogP) is 2.38. The highest BCUT2D eigenvalue weighted by atomic mass is 16.5. The van der Waals surface area contributed by atoms with E-state index in [1.807, 2.05) is 44.2 Å². The summed E-state index contributed by atoms with van der Waals surface area (Å²) in [6.07, 6.45) is 3.63. The fraction of sp³-hybridized carbons (Fsp3) is 0.350. The van der Waals surface area contributed by atoms with Crippen LogP contribution in [0.25, 0.3) is 0 Å². The summed E-state index contributed by atoms with van der Waals surface area (Å²) in [5.74, 6) is 1.12. The number of nitrogens with one attached hydrogen (secondary N) is 1. The number of carbonyl (C=O) groups excluding carboxylic acids is 1. The van der Waals surface area contributed by atoms with E-state index in [0.29, 0.717) is 36.9 Å².